The summed E-state index contributed by atoms with van der Waals surface area (Å²) in [4.78, 5) is 2.41. The van der Waals surface area contributed by atoms with Crippen LogP contribution in [0.3, 0.4) is 0 Å². The third kappa shape index (κ3) is 5.25. The van der Waals surface area contributed by atoms with Crippen molar-refractivity contribution in [1.82, 2.24) is 4.90 Å². The molecule has 3 atom stereocenters. The molecule has 3 nitrogen and oxygen atoms in total. The summed E-state index contributed by atoms with van der Waals surface area (Å²) >= 11 is 0. The van der Waals surface area contributed by atoms with Crippen LogP contribution < -0.4 is 5.73 Å². The summed E-state index contributed by atoms with van der Waals surface area (Å²) in [5.74, 6) is 1.50. The predicted octanol–water partition coefficient (Wildman–Crippen LogP) is 2.23. The fourth-order valence-electron chi connectivity index (χ4n) is 3.11. The summed E-state index contributed by atoms with van der Waals surface area (Å²) in [6, 6.07) is 0.371. The SMILES string of the molecule is CCCCN(CCO)CC1CC(CC)CCC1N. The Hall–Kier alpha value is -0.120. The number of rotatable bonds is 8. The number of hydrogen-bond acceptors (Lipinski definition) is 3. The van der Waals surface area contributed by atoms with Crippen LogP contribution in [0.4, 0.5) is 0 Å². The first-order chi connectivity index (χ1) is 8.71. The lowest BCUT2D eigenvalue weighted by Gasteiger charge is -2.37. The molecular weight excluding hydrogens is 224 g/mol. The van der Waals surface area contributed by atoms with E-state index in [-0.39, 0.29) is 6.61 Å². The number of aliphatic hydroxyl groups is 1. The van der Waals surface area contributed by atoms with Crippen LogP contribution >= 0.6 is 0 Å². The monoisotopic (exact) mass is 256 g/mol. The molecule has 0 radical (unpaired) electrons. The number of aliphatic hydroxyl groups excluding tert-OH is 1. The van der Waals surface area contributed by atoms with Crippen LogP contribution in [0.15, 0.2) is 0 Å². The molecule has 1 saturated carbocycles. The molecule has 0 aromatic rings. The molecule has 0 bridgehead atoms. The van der Waals surface area contributed by atoms with Gasteiger partial charge in [-0.1, -0.05) is 26.7 Å². The summed E-state index contributed by atoms with van der Waals surface area (Å²) in [6.45, 7) is 7.77. The van der Waals surface area contributed by atoms with Crippen LogP contribution in [0.1, 0.15) is 52.4 Å². The Morgan fingerprint density at radius 2 is 2.00 bits per heavy atom. The van der Waals surface area contributed by atoms with Crippen molar-refractivity contribution in [1.29, 1.82) is 0 Å². The second-order valence-corrected chi connectivity index (χ2v) is 5.89. The average Bonchev–Trinajstić information content (AvgIpc) is 2.38. The standard InChI is InChI=1S/C15H32N2O/c1-3-5-8-17(9-10-18)12-14-11-13(4-2)6-7-15(14)16/h13-15,18H,3-12,16H2,1-2H3. The van der Waals surface area contributed by atoms with Crippen LogP contribution in [0, 0.1) is 11.8 Å². The van der Waals surface area contributed by atoms with Crippen molar-refractivity contribution >= 4 is 0 Å². The Morgan fingerprint density at radius 3 is 2.61 bits per heavy atom. The van der Waals surface area contributed by atoms with Gasteiger partial charge in [-0.05, 0) is 44.1 Å². The highest BCUT2D eigenvalue weighted by molar-refractivity contribution is 4.84. The van der Waals surface area contributed by atoms with Gasteiger partial charge in [-0.2, -0.15) is 0 Å². The molecule has 1 rings (SSSR count). The highest BCUT2D eigenvalue weighted by Gasteiger charge is 2.28. The molecule has 3 heteroatoms. The first kappa shape index (κ1) is 15.9. The summed E-state index contributed by atoms with van der Waals surface area (Å²) < 4.78 is 0. The molecule has 0 saturated heterocycles. The molecule has 1 aliphatic rings. The predicted molar refractivity (Wildman–Crippen MR) is 77.5 cm³/mol. The van der Waals surface area contributed by atoms with Gasteiger partial charge in [-0.25, -0.2) is 0 Å². The average molecular weight is 256 g/mol. The lowest BCUT2D eigenvalue weighted by molar-refractivity contribution is 0.131. The minimum absolute atomic E-state index is 0.267. The number of hydrogen-bond donors (Lipinski definition) is 2. The maximum absolute atomic E-state index is 9.16. The molecule has 0 spiro atoms. The van der Waals surface area contributed by atoms with E-state index in [2.05, 4.69) is 18.7 Å². The molecule has 0 aromatic carbocycles. The molecule has 108 valence electrons. The molecule has 0 amide bonds. The fourth-order valence-corrected chi connectivity index (χ4v) is 3.11. The molecule has 18 heavy (non-hydrogen) atoms. The van der Waals surface area contributed by atoms with E-state index in [0.717, 1.165) is 25.6 Å². The van der Waals surface area contributed by atoms with E-state index in [1.165, 1.54) is 38.5 Å². The van der Waals surface area contributed by atoms with Crippen LogP contribution in [-0.4, -0.2) is 42.3 Å². The van der Waals surface area contributed by atoms with E-state index >= 15 is 0 Å². The van der Waals surface area contributed by atoms with E-state index in [1.807, 2.05) is 0 Å². The quantitative estimate of drug-likeness (QED) is 0.700. The maximum Gasteiger partial charge on any atom is 0.0558 e. The number of unbranched alkanes of at least 4 members (excludes halogenated alkanes) is 1. The minimum Gasteiger partial charge on any atom is -0.395 e. The molecular formula is C15H32N2O. The van der Waals surface area contributed by atoms with Crippen LogP contribution in [0.25, 0.3) is 0 Å². The van der Waals surface area contributed by atoms with Crippen molar-refractivity contribution in [2.75, 3.05) is 26.2 Å². The van der Waals surface area contributed by atoms with Crippen molar-refractivity contribution in [2.45, 2.75) is 58.4 Å². The second kappa shape index (κ2) is 8.89. The lowest BCUT2D eigenvalue weighted by atomic mass is 9.77. The van der Waals surface area contributed by atoms with Gasteiger partial charge in [-0.15, -0.1) is 0 Å². The minimum atomic E-state index is 0.267. The van der Waals surface area contributed by atoms with Crippen LogP contribution in [0.5, 0.6) is 0 Å². The van der Waals surface area contributed by atoms with E-state index in [4.69, 9.17) is 10.8 Å². The zero-order chi connectivity index (χ0) is 13.4. The normalized spacial score (nSPS) is 28.8. The van der Waals surface area contributed by atoms with Gasteiger partial charge in [0.25, 0.3) is 0 Å². The third-order valence-corrected chi connectivity index (χ3v) is 4.46. The van der Waals surface area contributed by atoms with E-state index in [0.29, 0.717) is 12.0 Å². The Labute approximate surface area is 113 Å². The van der Waals surface area contributed by atoms with E-state index < -0.39 is 0 Å². The zero-order valence-electron chi connectivity index (χ0n) is 12.3. The third-order valence-electron chi connectivity index (χ3n) is 4.46. The lowest BCUT2D eigenvalue weighted by Crippen LogP contribution is -2.44. The highest BCUT2D eigenvalue weighted by Crippen LogP contribution is 2.30. The molecule has 0 aliphatic heterocycles. The van der Waals surface area contributed by atoms with Crippen LogP contribution in [0.2, 0.25) is 0 Å². The maximum atomic E-state index is 9.16. The molecule has 3 N–H and O–H groups in total. The smallest absolute Gasteiger partial charge is 0.0558 e. The van der Waals surface area contributed by atoms with Gasteiger partial charge >= 0.3 is 0 Å². The van der Waals surface area contributed by atoms with Crippen molar-refractivity contribution in [2.24, 2.45) is 17.6 Å². The first-order valence-electron chi connectivity index (χ1n) is 7.80. The fraction of sp³-hybridized carbons (Fsp3) is 1.00. The largest absolute Gasteiger partial charge is 0.395 e. The molecule has 3 unspecified atom stereocenters. The molecule has 1 aliphatic carbocycles. The summed E-state index contributed by atoms with van der Waals surface area (Å²) in [5.41, 5.74) is 6.28. The van der Waals surface area contributed by atoms with E-state index in [1.54, 1.807) is 0 Å². The van der Waals surface area contributed by atoms with Gasteiger partial charge in [0.1, 0.15) is 0 Å². The van der Waals surface area contributed by atoms with Crippen molar-refractivity contribution < 1.29 is 5.11 Å². The van der Waals surface area contributed by atoms with Crippen LogP contribution in [-0.2, 0) is 0 Å². The molecule has 0 heterocycles. The Kier molecular flexibility index (Phi) is 7.87. The Balaban J connectivity index is 2.43. The summed E-state index contributed by atoms with van der Waals surface area (Å²) in [7, 11) is 0. The molecule has 1 fully saturated rings. The Morgan fingerprint density at radius 1 is 1.22 bits per heavy atom. The van der Waals surface area contributed by atoms with Crippen molar-refractivity contribution in [3.8, 4) is 0 Å². The zero-order valence-corrected chi connectivity index (χ0v) is 12.3. The van der Waals surface area contributed by atoms with Crippen molar-refractivity contribution in [3.63, 3.8) is 0 Å². The summed E-state index contributed by atoms with van der Waals surface area (Å²) in [6.07, 6.45) is 7.51. The second-order valence-electron chi connectivity index (χ2n) is 5.89. The Bertz CT molecular complexity index is 211. The van der Waals surface area contributed by atoms with Gasteiger partial charge in [0.15, 0.2) is 0 Å². The summed E-state index contributed by atoms with van der Waals surface area (Å²) in [5, 5.41) is 9.16. The van der Waals surface area contributed by atoms with E-state index in [9.17, 15) is 0 Å². The van der Waals surface area contributed by atoms with Gasteiger partial charge in [0.2, 0.25) is 0 Å². The molecule has 0 aromatic heterocycles. The van der Waals surface area contributed by atoms with Crippen molar-refractivity contribution in [3.05, 3.63) is 0 Å². The van der Waals surface area contributed by atoms with Gasteiger partial charge in [-0.3, -0.25) is 0 Å². The van der Waals surface area contributed by atoms with Gasteiger partial charge in [0, 0.05) is 19.1 Å². The number of nitrogens with zero attached hydrogens (tertiary/aromatic N) is 1. The topological polar surface area (TPSA) is 49.5 Å². The van der Waals surface area contributed by atoms with Gasteiger partial charge < -0.3 is 15.7 Å². The van der Waals surface area contributed by atoms with Gasteiger partial charge in [0.05, 0.1) is 6.61 Å². The first-order valence-corrected chi connectivity index (χ1v) is 7.80. The highest BCUT2D eigenvalue weighted by atomic mass is 16.3. The number of nitrogens with two attached hydrogens (primary N) is 1.